The molecule has 0 radical (unpaired) electrons. The summed E-state index contributed by atoms with van der Waals surface area (Å²) in [6.07, 6.45) is 0. The van der Waals surface area contributed by atoms with Crippen molar-refractivity contribution in [2.45, 2.75) is 25.3 Å². The molecule has 0 spiro atoms. The number of carbonyl (C=O) groups excluding carboxylic acids is 2. The normalized spacial score (nSPS) is 11.0. The van der Waals surface area contributed by atoms with E-state index in [1.165, 1.54) is 43.3 Å². The molecule has 9 heteroatoms. The van der Waals surface area contributed by atoms with E-state index in [4.69, 9.17) is 0 Å². The first-order valence-corrected chi connectivity index (χ1v) is 11.2. The summed E-state index contributed by atoms with van der Waals surface area (Å²) >= 11 is 0. The summed E-state index contributed by atoms with van der Waals surface area (Å²) in [4.78, 5) is 23.6. The van der Waals surface area contributed by atoms with Crippen molar-refractivity contribution >= 4 is 33.2 Å². The number of carbonyl (C=O) groups is 2. The van der Waals surface area contributed by atoms with E-state index >= 15 is 0 Å². The maximum atomic E-state index is 13.8. The molecule has 3 N–H and O–H groups in total. The van der Waals surface area contributed by atoms with Crippen LogP contribution in [0.1, 0.15) is 28.4 Å². The molecule has 0 atom stereocenters. The van der Waals surface area contributed by atoms with Gasteiger partial charge in [-0.1, -0.05) is 30.3 Å². The zero-order valence-corrected chi connectivity index (χ0v) is 18.3. The Balaban J connectivity index is 1.74. The highest BCUT2D eigenvalue weighted by Gasteiger charge is 2.19. The molecule has 3 rings (SSSR count). The predicted molar refractivity (Wildman–Crippen MR) is 120 cm³/mol. The van der Waals surface area contributed by atoms with Gasteiger partial charge in [-0.05, 0) is 54.4 Å². The summed E-state index contributed by atoms with van der Waals surface area (Å²) < 4.78 is 41.4. The molecule has 3 aromatic carbocycles. The van der Waals surface area contributed by atoms with Crippen LogP contribution >= 0.6 is 0 Å². The maximum absolute atomic E-state index is 13.8. The average molecular weight is 456 g/mol. The smallest absolute Gasteiger partial charge is 0.262 e. The van der Waals surface area contributed by atoms with E-state index in [0.29, 0.717) is 11.3 Å². The third kappa shape index (κ3) is 5.70. The number of aryl methyl sites for hydroxylation is 1. The van der Waals surface area contributed by atoms with Crippen LogP contribution in [0.25, 0.3) is 0 Å². The minimum Gasteiger partial charge on any atom is -0.348 e. The van der Waals surface area contributed by atoms with Crippen molar-refractivity contribution in [3.63, 3.8) is 0 Å². The van der Waals surface area contributed by atoms with E-state index in [1.807, 2.05) is 0 Å². The van der Waals surface area contributed by atoms with E-state index in [-0.39, 0.29) is 28.6 Å². The number of sulfonamides is 1. The Morgan fingerprint density at radius 1 is 0.969 bits per heavy atom. The molecule has 3 aromatic rings. The summed E-state index contributed by atoms with van der Waals surface area (Å²) in [5.74, 6) is -1.33. The Kier molecular flexibility index (Phi) is 6.89. The third-order valence-corrected chi connectivity index (χ3v) is 5.97. The van der Waals surface area contributed by atoms with E-state index in [9.17, 15) is 22.4 Å². The van der Waals surface area contributed by atoms with Crippen molar-refractivity contribution in [1.29, 1.82) is 0 Å². The van der Waals surface area contributed by atoms with Gasteiger partial charge in [0.15, 0.2) is 0 Å². The van der Waals surface area contributed by atoms with Gasteiger partial charge < -0.3 is 10.6 Å². The summed E-state index contributed by atoms with van der Waals surface area (Å²) in [7, 11) is -4.09. The number of halogens is 1. The van der Waals surface area contributed by atoms with E-state index in [1.54, 1.807) is 31.2 Å². The second-order valence-electron chi connectivity index (χ2n) is 7.12. The number of anilines is 2. The molecule has 0 aliphatic heterocycles. The van der Waals surface area contributed by atoms with Gasteiger partial charge in [0.25, 0.3) is 15.9 Å². The number of hydrogen-bond acceptors (Lipinski definition) is 4. The molecular weight excluding hydrogens is 433 g/mol. The Morgan fingerprint density at radius 2 is 1.66 bits per heavy atom. The van der Waals surface area contributed by atoms with E-state index in [0.717, 1.165) is 11.6 Å². The lowest BCUT2D eigenvalue weighted by molar-refractivity contribution is -0.114. The van der Waals surface area contributed by atoms with E-state index < -0.39 is 21.7 Å². The first kappa shape index (κ1) is 23.0. The minimum absolute atomic E-state index is 0.156. The quantitative estimate of drug-likeness (QED) is 0.504. The molecule has 0 saturated heterocycles. The first-order valence-electron chi connectivity index (χ1n) is 9.68. The number of rotatable bonds is 7. The van der Waals surface area contributed by atoms with Crippen LogP contribution < -0.4 is 15.4 Å². The van der Waals surface area contributed by atoms with Gasteiger partial charge in [0.1, 0.15) is 5.82 Å². The second-order valence-corrected chi connectivity index (χ2v) is 8.81. The van der Waals surface area contributed by atoms with Crippen molar-refractivity contribution < 1.29 is 22.4 Å². The van der Waals surface area contributed by atoms with Crippen LogP contribution in [0.15, 0.2) is 71.6 Å². The monoisotopic (exact) mass is 455 g/mol. The average Bonchev–Trinajstić information content (AvgIpc) is 2.74. The van der Waals surface area contributed by atoms with Gasteiger partial charge in [-0.3, -0.25) is 14.3 Å². The molecule has 2 amide bonds. The van der Waals surface area contributed by atoms with Gasteiger partial charge in [-0.15, -0.1) is 0 Å². The number of amides is 2. The number of hydrogen-bond donors (Lipinski definition) is 3. The van der Waals surface area contributed by atoms with Gasteiger partial charge in [-0.2, -0.15) is 0 Å². The highest BCUT2D eigenvalue weighted by molar-refractivity contribution is 7.92. The molecule has 0 saturated carbocycles. The maximum Gasteiger partial charge on any atom is 0.262 e. The molecule has 0 fully saturated rings. The van der Waals surface area contributed by atoms with Crippen LogP contribution in [0.5, 0.6) is 0 Å². The van der Waals surface area contributed by atoms with Crippen LogP contribution in [-0.4, -0.2) is 20.2 Å². The van der Waals surface area contributed by atoms with Crippen LogP contribution in [0.4, 0.5) is 15.8 Å². The highest BCUT2D eigenvalue weighted by atomic mass is 32.2. The molecule has 166 valence electrons. The fourth-order valence-electron chi connectivity index (χ4n) is 2.95. The molecule has 0 bridgehead atoms. The summed E-state index contributed by atoms with van der Waals surface area (Å²) in [6.45, 7) is 3.32. The van der Waals surface area contributed by atoms with Crippen LogP contribution in [-0.2, 0) is 21.4 Å². The Morgan fingerprint density at radius 3 is 2.31 bits per heavy atom. The second kappa shape index (κ2) is 9.61. The lowest BCUT2D eigenvalue weighted by atomic mass is 10.1. The topological polar surface area (TPSA) is 104 Å². The Labute approximate surface area is 185 Å². The largest absolute Gasteiger partial charge is 0.348 e. The van der Waals surface area contributed by atoms with E-state index in [2.05, 4.69) is 15.4 Å². The van der Waals surface area contributed by atoms with Gasteiger partial charge in [-0.25, -0.2) is 12.8 Å². The van der Waals surface area contributed by atoms with Crippen molar-refractivity contribution in [1.82, 2.24) is 5.32 Å². The van der Waals surface area contributed by atoms with Gasteiger partial charge in [0.05, 0.1) is 10.6 Å². The molecular formula is C23H22FN3O4S. The molecule has 0 heterocycles. The highest BCUT2D eigenvalue weighted by Crippen LogP contribution is 2.21. The molecule has 7 nitrogen and oxygen atoms in total. The number of nitrogens with one attached hydrogen (secondary N) is 3. The molecule has 0 aliphatic carbocycles. The number of para-hydroxylation sites is 1. The Hall–Kier alpha value is -3.72. The molecule has 0 unspecified atom stereocenters. The van der Waals surface area contributed by atoms with Gasteiger partial charge in [0, 0.05) is 24.7 Å². The zero-order chi connectivity index (χ0) is 23.3. The fourth-order valence-corrected chi connectivity index (χ4v) is 4.04. The summed E-state index contributed by atoms with van der Waals surface area (Å²) in [5.41, 5.74) is 2.05. The van der Waals surface area contributed by atoms with Crippen molar-refractivity contribution in [2.75, 3.05) is 10.0 Å². The summed E-state index contributed by atoms with van der Waals surface area (Å²) in [5, 5.41) is 5.41. The standard InChI is InChI=1S/C23H22FN3O4S/c1-15-7-12-19(32(30,31)27-22-6-4-3-5-21(22)24)13-20(15)23(29)25-14-17-8-10-18(11-9-17)26-16(2)28/h3-13,27H,14H2,1-2H3,(H,25,29)(H,26,28). The number of benzene rings is 3. The third-order valence-electron chi connectivity index (χ3n) is 4.61. The Bertz CT molecular complexity index is 1260. The van der Waals surface area contributed by atoms with Crippen LogP contribution in [0.2, 0.25) is 0 Å². The first-order chi connectivity index (χ1) is 15.2. The lowest BCUT2D eigenvalue weighted by Gasteiger charge is -2.12. The predicted octanol–water partition coefficient (Wildman–Crippen LogP) is 3.82. The molecule has 0 aromatic heterocycles. The SMILES string of the molecule is CC(=O)Nc1ccc(CNC(=O)c2cc(S(=O)(=O)Nc3ccccc3F)ccc2C)cc1. The van der Waals surface area contributed by atoms with Crippen LogP contribution in [0, 0.1) is 12.7 Å². The van der Waals surface area contributed by atoms with Crippen LogP contribution in [0.3, 0.4) is 0 Å². The fraction of sp³-hybridized carbons (Fsp3) is 0.130. The van der Waals surface area contributed by atoms with Gasteiger partial charge >= 0.3 is 0 Å². The van der Waals surface area contributed by atoms with Crippen molar-refractivity contribution in [3.8, 4) is 0 Å². The van der Waals surface area contributed by atoms with Crippen molar-refractivity contribution in [3.05, 3.63) is 89.2 Å². The molecule has 0 aliphatic rings. The summed E-state index contributed by atoms with van der Waals surface area (Å²) in [6, 6.07) is 16.5. The zero-order valence-electron chi connectivity index (χ0n) is 17.5. The lowest BCUT2D eigenvalue weighted by Crippen LogP contribution is -2.24. The molecule has 32 heavy (non-hydrogen) atoms. The van der Waals surface area contributed by atoms with Gasteiger partial charge in [0.2, 0.25) is 5.91 Å². The van der Waals surface area contributed by atoms with Crippen molar-refractivity contribution in [2.24, 2.45) is 0 Å². The minimum atomic E-state index is -4.09.